The maximum atomic E-state index is 12.7. The quantitative estimate of drug-likeness (QED) is 0.292. The monoisotopic (exact) mass is 467 g/mol. The van der Waals surface area contributed by atoms with Crippen molar-refractivity contribution in [3.63, 3.8) is 0 Å². The molecule has 34 heavy (non-hydrogen) atoms. The molecule has 0 bridgehead atoms. The van der Waals surface area contributed by atoms with Gasteiger partial charge in [0.1, 0.15) is 5.65 Å². The van der Waals surface area contributed by atoms with E-state index < -0.39 is 24.6 Å². The van der Waals surface area contributed by atoms with Crippen LogP contribution >= 0.6 is 0 Å². The average Bonchev–Trinajstić information content (AvgIpc) is 3.45. The van der Waals surface area contributed by atoms with Gasteiger partial charge in [-0.1, -0.05) is 18.2 Å². The van der Waals surface area contributed by atoms with Crippen LogP contribution in [0.4, 0.5) is 29.3 Å². The molecule has 2 aromatic carbocycles. The molecule has 5 aromatic rings. The van der Waals surface area contributed by atoms with E-state index in [1.54, 1.807) is 55.0 Å². The number of anilines is 2. The van der Waals surface area contributed by atoms with E-state index in [0.29, 0.717) is 33.2 Å². The van der Waals surface area contributed by atoms with Gasteiger partial charge in [0.2, 0.25) is 0 Å². The lowest BCUT2D eigenvalue weighted by Gasteiger charge is -2.14. The number of fused-ring (bicyclic) bond motifs is 2. The minimum atomic E-state index is -4.91. The summed E-state index contributed by atoms with van der Waals surface area (Å²) in [6.45, 7) is -1.96. The Bertz CT molecular complexity index is 1580. The fraction of sp³-hybridized carbons (Fsp3) is 0.0833. The second-order valence-electron chi connectivity index (χ2n) is 7.26. The second-order valence-corrected chi connectivity index (χ2v) is 7.26. The number of nitrogens with one attached hydrogen (secondary N) is 3. The van der Waals surface area contributed by atoms with Crippen LogP contribution in [-0.4, -0.2) is 26.9 Å². The molecule has 0 spiro atoms. The van der Waals surface area contributed by atoms with Crippen molar-refractivity contribution in [3.05, 3.63) is 84.8 Å². The number of H-pyrrole nitrogens is 1. The summed E-state index contributed by atoms with van der Waals surface area (Å²) in [5.41, 5.74) is 1.62. The van der Waals surface area contributed by atoms with Gasteiger partial charge >= 0.3 is 12.4 Å². The number of alkyl halides is 3. The van der Waals surface area contributed by atoms with Crippen LogP contribution in [0.2, 0.25) is 0 Å². The number of benzene rings is 2. The van der Waals surface area contributed by atoms with E-state index in [1.807, 2.05) is 0 Å². The van der Waals surface area contributed by atoms with Gasteiger partial charge in [0.05, 0.1) is 19.6 Å². The number of pyridine rings is 1. The number of ether oxygens (including phenoxy) is 1. The Kier molecular flexibility index (Phi) is 4.74. The van der Waals surface area contributed by atoms with Crippen molar-refractivity contribution in [1.82, 2.24) is 14.5 Å². The van der Waals surface area contributed by atoms with Crippen molar-refractivity contribution < 1.29 is 25.4 Å². The van der Waals surface area contributed by atoms with E-state index in [0.717, 1.165) is 6.07 Å². The number of amides is 2. The molecule has 0 aliphatic carbocycles. The second kappa shape index (κ2) is 8.47. The summed E-state index contributed by atoms with van der Waals surface area (Å²) in [6.07, 6.45) is -0.169. The summed E-state index contributed by atoms with van der Waals surface area (Å²) in [6, 6.07) is 14.5. The maximum absolute atomic E-state index is 12.7. The van der Waals surface area contributed by atoms with E-state index in [1.165, 1.54) is 22.8 Å². The van der Waals surface area contributed by atoms with Crippen molar-refractivity contribution in [2.24, 2.45) is 0 Å². The molecule has 172 valence electrons. The summed E-state index contributed by atoms with van der Waals surface area (Å²) in [5, 5.41) is 6.15. The smallest absolute Gasteiger partial charge is 0.404 e. The lowest BCUT2D eigenvalue weighted by molar-refractivity contribution is -0.274. The summed E-state index contributed by atoms with van der Waals surface area (Å²) < 4.78 is 61.1. The number of hydrogen-bond donors (Lipinski definition) is 3. The van der Waals surface area contributed by atoms with Gasteiger partial charge in [-0.05, 0) is 48.0 Å². The molecule has 2 amide bonds. The van der Waals surface area contributed by atoms with Crippen molar-refractivity contribution in [3.8, 4) is 5.75 Å². The first-order valence-electron chi connectivity index (χ1n) is 11.1. The van der Waals surface area contributed by atoms with Crippen LogP contribution in [0.3, 0.4) is 0 Å². The summed E-state index contributed by atoms with van der Waals surface area (Å²) in [5.74, 6) is -0.550. The predicted octanol–water partition coefficient (Wildman–Crippen LogP) is 6.11. The molecular formula is C24H18F3N5O2. The third kappa shape index (κ3) is 4.38. The van der Waals surface area contributed by atoms with Crippen molar-refractivity contribution in [1.29, 1.82) is 0 Å². The molecule has 0 radical (unpaired) electrons. The number of carbonyl (C=O) groups is 1. The molecule has 0 atom stereocenters. The first-order chi connectivity index (χ1) is 17.1. The van der Waals surface area contributed by atoms with E-state index in [4.69, 9.17) is 2.74 Å². The lowest BCUT2D eigenvalue weighted by atomic mass is 10.2. The number of aromatic nitrogens is 3. The molecule has 0 saturated heterocycles. The highest BCUT2D eigenvalue weighted by Gasteiger charge is 2.32. The normalized spacial score (nSPS) is 12.9. The Balaban J connectivity index is 1.43. The predicted molar refractivity (Wildman–Crippen MR) is 123 cm³/mol. The molecule has 5 rings (SSSR count). The highest BCUT2D eigenvalue weighted by atomic mass is 19.4. The minimum Gasteiger partial charge on any atom is -0.404 e. The molecule has 0 aliphatic heterocycles. The maximum Gasteiger partial charge on any atom is 0.573 e. The largest absolute Gasteiger partial charge is 0.573 e. The van der Waals surface area contributed by atoms with Crippen LogP contribution < -0.4 is 15.4 Å². The van der Waals surface area contributed by atoms with Crippen LogP contribution in [-0.2, 0) is 6.50 Å². The molecule has 0 unspecified atom stereocenters. The zero-order valence-electron chi connectivity index (χ0n) is 19.4. The zero-order chi connectivity index (χ0) is 25.5. The lowest BCUT2D eigenvalue weighted by Crippen LogP contribution is -2.22. The molecule has 0 saturated carbocycles. The van der Waals surface area contributed by atoms with Gasteiger partial charge in [0.15, 0.2) is 5.75 Å². The topological polar surface area (TPSA) is 84.0 Å². The van der Waals surface area contributed by atoms with Gasteiger partial charge in [-0.3, -0.25) is 0 Å². The standard InChI is InChI=1S/C24H18F3N5O2/c25-24(26,27)34-21-9-2-1-6-19(21)31-23(33)30-18-7-3-8-20-17(18)10-12-32(20)14-15-13-29-22-16(15)5-4-11-28-22/h1-13H,14H2,(H,28,29)(H2,30,31,33)/i14D2. The van der Waals surface area contributed by atoms with Gasteiger partial charge in [-0.2, -0.15) is 0 Å². The minimum absolute atomic E-state index is 0.165. The van der Waals surface area contributed by atoms with E-state index >= 15 is 0 Å². The number of nitrogens with zero attached hydrogens (tertiary/aromatic N) is 2. The summed E-state index contributed by atoms with van der Waals surface area (Å²) in [4.78, 5) is 19.8. The number of aromatic amines is 1. The zero-order valence-corrected chi connectivity index (χ0v) is 17.4. The van der Waals surface area contributed by atoms with E-state index in [-0.39, 0.29) is 5.69 Å². The van der Waals surface area contributed by atoms with Gasteiger partial charge in [-0.15, -0.1) is 13.2 Å². The van der Waals surface area contributed by atoms with Crippen LogP contribution in [0.5, 0.6) is 5.75 Å². The summed E-state index contributed by atoms with van der Waals surface area (Å²) >= 11 is 0. The first kappa shape index (κ1) is 19.0. The Morgan fingerprint density at radius 1 is 1.03 bits per heavy atom. The summed E-state index contributed by atoms with van der Waals surface area (Å²) in [7, 11) is 0. The van der Waals surface area contributed by atoms with Crippen LogP contribution in [0.15, 0.2) is 79.3 Å². The van der Waals surface area contributed by atoms with Crippen molar-refractivity contribution in [2.75, 3.05) is 10.6 Å². The number of halogens is 3. The number of hydrogen-bond acceptors (Lipinski definition) is 3. The van der Waals surface area contributed by atoms with Gasteiger partial charge in [0.25, 0.3) is 0 Å². The van der Waals surface area contributed by atoms with E-state index in [9.17, 15) is 18.0 Å². The Morgan fingerprint density at radius 2 is 1.82 bits per heavy atom. The number of para-hydroxylation sites is 2. The number of rotatable bonds is 5. The molecule has 3 heterocycles. The average molecular weight is 467 g/mol. The third-order valence-corrected chi connectivity index (χ3v) is 5.03. The van der Waals surface area contributed by atoms with E-state index in [2.05, 4.69) is 25.3 Å². The Hall–Kier alpha value is -4.47. The Labute approximate surface area is 194 Å². The Morgan fingerprint density at radius 3 is 2.68 bits per heavy atom. The SMILES string of the molecule is [2H]C([2H])(c1c[nH]c2ncccc12)n1ccc2c(NC(=O)Nc3ccccc3OC(F)(F)F)cccc21. The molecular weight excluding hydrogens is 447 g/mol. The van der Waals surface area contributed by atoms with Crippen molar-refractivity contribution >= 4 is 39.3 Å². The van der Waals surface area contributed by atoms with Crippen LogP contribution in [0, 0.1) is 0 Å². The third-order valence-electron chi connectivity index (χ3n) is 5.03. The molecule has 3 N–H and O–H groups in total. The van der Waals surface area contributed by atoms with Crippen molar-refractivity contribution in [2.45, 2.75) is 12.9 Å². The highest BCUT2D eigenvalue weighted by Crippen LogP contribution is 2.31. The fourth-order valence-corrected chi connectivity index (χ4v) is 3.61. The number of carbonyl (C=O) groups excluding carboxylic acids is 1. The molecule has 0 aliphatic rings. The van der Waals surface area contributed by atoms with Crippen LogP contribution in [0.1, 0.15) is 8.30 Å². The van der Waals surface area contributed by atoms with Gasteiger partial charge in [0, 0.05) is 35.9 Å². The molecule has 10 heteroatoms. The molecule has 7 nitrogen and oxygen atoms in total. The fourth-order valence-electron chi connectivity index (χ4n) is 3.61. The molecule has 3 aromatic heterocycles. The highest BCUT2D eigenvalue weighted by molar-refractivity contribution is 6.06. The molecule has 0 fully saturated rings. The first-order valence-corrected chi connectivity index (χ1v) is 10.1. The van der Waals surface area contributed by atoms with Gasteiger partial charge < -0.3 is 24.9 Å². The van der Waals surface area contributed by atoms with Crippen LogP contribution in [0.25, 0.3) is 21.9 Å². The number of urea groups is 1. The van der Waals surface area contributed by atoms with Gasteiger partial charge in [-0.25, -0.2) is 9.78 Å².